The van der Waals surface area contributed by atoms with Crippen molar-refractivity contribution in [1.29, 1.82) is 5.26 Å². The van der Waals surface area contributed by atoms with Crippen LogP contribution in [0.15, 0.2) is 18.2 Å². The summed E-state index contributed by atoms with van der Waals surface area (Å²) in [6.45, 7) is 3.27. The van der Waals surface area contributed by atoms with Gasteiger partial charge in [-0.05, 0) is 50.2 Å². The van der Waals surface area contributed by atoms with Crippen molar-refractivity contribution in [2.24, 2.45) is 5.92 Å². The summed E-state index contributed by atoms with van der Waals surface area (Å²) in [6.07, 6.45) is 8.10. The fraction of sp³-hybridized carbons (Fsp3) is 0.588. The lowest BCUT2D eigenvalue weighted by Crippen LogP contribution is -2.47. The van der Waals surface area contributed by atoms with Crippen LogP contribution in [0.4, 0.5) is 5.69 Å². The topological polar surface area (TPSA) is 27.0 Å². The van der Waals surface area contributed by atoms with E-state index in [9.17, 15) is 5.26 Å². The number of fused-ring (bicyclic) bond motifs is 1. The van der Waals surface area contributed by atoms with Gasteiger partial charge in [0.1, 0.15) is 6.07 Å². The SMILES string of the molecule is Cc1cccc(C#N)c1N1CCCC2CCCCC21. The number of piperidine rings is 1. The fourth-order valence-electron chi connectivity index (χ4n) is 4.03. The first-order valence-electron chi connectivity index (χ1n) is 7.57. The van der Waals surface area contributed by atoms with Crippen molar-refractivity contribution in [1.82, 2.24) is 0 Å². The van der Waals surface area contributed by atoms with E-state index < -0.39 is 0 Å². The summed E-state index contributed by atoms with van der Waals surface area (Å²) < 4.78 is 0. The van der Waals surface area contributed by atoms with E-state index in [-0.39, 0.29) is 0 Å². The summed E-state index contributed by atoms with van der Waals surface area (Å²) in [6, 6.07) is 9.17. The van der Waals surface area contributed by atoms with Crippen LogP contribution in [0.1, 0.15) is 49.7 Å². The number of hydrogen-bond donors (Lipinski definition) is 0. The summed E-state index contributed by atoms with van der Waals surface area (Å²) in [5, 5.41) is 9.39. The number of hydrogen-bond acceptors (Lipinski definition) is 2. The second-order valence-electron chi connectivity index (χ2n) is 6.03. The fourth-order valence-corrected chi connectivity index (χ4v) is 4.03. The van der Waals surface area contributed by atoms with Crippen molar-refractivity contribution in [2.45, 2.75) is 51.5 Å². The van der Waals surface area contributed by atoms with Gasteiger partial charge in [-0.3, -0.25) is 0 Å². The molecule has 0 radical (unpaired) electrons. The third-order valence-electron chi connectivity index (χ3n) is 4.89. The van der Waals surface area contributed by atoms with Gasteiger partial charge in [-0.15, -0.1) is 0 Å². The molecule has 0 bridgehead atoms. The first kappa shape index (κ1) is 12.5. The Morgan fingerprint density at radius 3 is 2.79 bits per heavy atom. The molecular formula is C17H22N2. The molecule has 19 heavy (non-hydrogen) atoms. The van der Waals surface area contributed by atoms with E-state index in [0.717, 1.165) is 18.0 Å². The standard InChI is InChI=1S/C17H22N2/c1-13-6-4-8-15(12-18)17(13)19-11-5-9-14-7-2-3-10-16(14)19/h4,6,8,14,16H,2-3,5,7,9-11H2,1H3. The van der Waals surface area contributed by atoms with Gasteiger partial charge < -0.3 is 4.90 Å². The first-order chi connectivity index (χ1) is 9.31. The van der Waals surface area contributed by atoms with Crippen LogP contribution in [0.3, 0.4) is 0 Å². The molecule has 2 aliphatic rings. The maximum atomic E-state index is 9.39. The summed E-state index contributed by atoms with van der Waals surface area (Å²) >= 11 is 0. The highest BCUT2D eigenvalue weighted by atomic mass is 15.2. The number of nitriles is 1. The van der Waals surface area contributed by atoms with E-state index in [4.69, 9.17) is 0 Å². The molecule has 0 spiro atoms. The van der Waals surface area contributed by atoms with E-state index in [1.54, 1.807) is 0 Å². The van der Waals surface area contributed by atoms with Crippen molar-refractivity contribution in [3.05, 3.63) is 29.3 Å². The van der Waals surface area contributed by atoms with Crippen molar-refractivity contribution in [3.8, 4) is 6.07 Å². The third kappa shape index (κ3) is 2.23. The van der Waals surface area contributed by atoms with E-state index >= 15 is 0 Å². The number of aryl methyl sites for hydroxylation is 1. The van der Waals surface area contributed by atoms with E-state index in [2.05, 4.69) is 24.0 Å². The zero-order chi connectivity index (χ0) is 13.2. The lowest BCUT2D eigenvalue weighted by Gasteiger charge is -2.46. The Hall–Kier alpha value is -1.49. The van der Waals surface area contributed by atoms with Gasteiger partial charge in [0.15, 0.2) is 0 Å². The number of rotatable bonds is 1. The number of nitrogens with zero attached hydrogens (tertiary/aromatic N) is 2. The van der Waals surface area contributed by atoms with Gasteiger partial charge in [0.25, 0.3) is 0 Å². The molecule has 0 aromatic heterocycles. The van der Waals surface area contributed by atoms with Crippen LogP contribution in [-0.4, -0.2) is 12.6 Å². The molecule has 1 heterocycles. The molecule has 1 aliphatic heterocycles. The minimum absolute atomic E-state index is 0.677. The van der Waals surface area contributed by atoms with Crippen molar-refractivity contribution in [2.75, 3.05) is 11.4 Å². The highest BCUT2D eigenvalue weighted by Crippen LogP contribution is 2.39. The lowest BCUT2D eigenvalue weighted by molar-refractivity contribution is 0.243. The number of para-hydroxylation sites is 1. The van der Waals surface area contributed by atoms with Crippen LogP contribution in [0.5, 0.6) is 0 Å². The zero-order valence-corrected chi connectivity index (χ0v) is 11.7. The second-order valence-corrected chi connectivity index (χ2v) is 6.03. The Kier molecular flexibility index (Phi) is 3.46. The maximum Gasteiger partial charge on any atom is 0.101 e. The maximum absolute atomic E-state index is 9.39. The second kappa shape index (κ2) is 5.25. The number of benzene rings is 1. The average molecular weight is 254 g/mol. The lowest BCUT2D eigenvalue weighted by atomic mass is 9.78. The average Bonchev–Trinajstić information content (AvgIpc) is 2.46. The van der Waals surface area contributed by atoms with E-state index in [1.165, 1.54) is 49.8 Å². The molecule has 2 heteroatoms. The highest BCUT2D eigenvalue weighted by Gasteiger charge is 2.34. The smallest absolute Gasteiger partial charge is 0.101 e. The summed E-state index contributed by atoms with van der Waals surface area (Å²) in [4.78, 5) is 2.56. The number of anilines is 1. The van der Waals surface area contributed by atoms with Crippen LogP contribution in [0.25, 0.3) is 0 Å². The minimum atomic E-state index is 0.677. The van der Waals surface area contributed by atoms with E-state index in [1.807, 2.05) is 12.1 Å². The molecule has 1 saturated carbocycles. The molecule has 3 rings (SSSR count). The molecular weight excluding hydrogens is 232 g/mol. The van der Waals surface area contributed by atoms with Crippen LogP contribution in [-0.2, 0) is 0 Å². The van der Waals surface area contributed by atoms with Crippen molar-refractivity contribution < 1.29 is 0 Å². The van der Waals surface area contributed by atoms with Gasteiger partial charge in [-0.1, -0.05) is 25.0 Å². The normalized spacial score (nSPS) is 26.6. The van der Waals surface area contributed by atoms with Gasteiger partial charge in [0.05, 0.1) is 11.3 Å². The van der Waals surface area contributed by atoms with Crippen LogP contribution in [0.2, 0.25) is 0 Å². The molecule has 2 fully saturated rings. The van der Waals surface area contributed by atoms with E-state index in [0.29, 0.717) is 6.04 Å². The highest BCUT2D eigenvalue weighted by molar-refractivity contribution is 5.64. The van der Waals surface area contributed by atoms with Gasteiger partial charge in [0, 0.05) is 12.6 Å². The monoisotopic (exact) mass is 254 g/mol. The zero-order valence-electron chi connectivity index (χ0n) is 11.7. The summed E-state index contributed by atoms with van der Waals surface area (Å²) in [7, 11) is 0. The Balaban J connectivity index is 1.99. The molecule has 2 atom stereocenters. The molecule has 1 aromatic rings. The van der Waals surface area contributed by atoms with Crippen molar-refractivity contribution in [3.63, 3.8) is 0 Å². The minimum Gasteiger partial charge on any atom is -0.367 e. The van der Waals surface area contributed by atoms with Crippen molar-refractivity contribution >= 4 is 5.69 Å². The predicted molar refractivity (Wildman–Crippen MR) is 78.2 cm³/mol. The largest absolute Gasteiger partial charge is 0.367 e. The summed E-state index contributed by atoms with van der Waals surface area (Å²) in [5.74, 6) is 0.855. The quantitative estimate of drug-likeness (QED) is 0.756. The van der Waals surface area contributed by atoms with Gasteiger partial charge >= 0.3 is 0 Å². The predicted octanol–water partition coefficient (Wildman–Crippen LogP) is 4.03. The summed E-state index contributed by atoms with van der Waals surface area (Å²) in [5.41, 5.74) is 3.32. The Labute approximate surface area is 116 Å². The van der Waals surface area contributed by atoms with Crippen LogP contribution < -0.4 is 4.90 Å². The van der Waals surface area contributed by atoms with Gasteiger partial charge in [-0.25, -0.2) is 0 Å². The van der Waals surface area contributed by atoms with Gasteiger partial charge in [0.2, 0.25) is 0 Å². The molecule has 1 aliphatic carbocycles. The molecule has 100 valence electrons. The van der Waals surface area contributed by atoms with Crippen LogP contribution >= 0.6 is 0 Å². The molecule has 0 N–H and O–H groups in total. The van der Waals surface area contributed by atoms with Gasteiger partial charge in [-0.2, -0.15) is 5.26 Å². The first-order valence-corrected chi connectivity index (χ1v) is 7.57. The molecule has 2 nitrogen and oxygen atoms in total. The Morgan fingerprint density at radius 2 is 1.95 bits per heavy atom. The molecule has 1 saturated heterocycles. The Morgan fingerprint density at radius 1 is 1.16 bits per heavy atom. The molecule has 1 aromatic carbocycles. The molecule has 2 unspecified atom stereocenters. The Bertz CT molecular complexity index is 498. The molecule has 0 amide bonds. The van der Waals surface area contributed by atoms with Crippen LogP contribution in [0, 0.1) is 24.2 Å². The third-order valence-corrected chi connectivity index (χ3v) is 4.89.